The molecule has 2 aliphatic heterocycles. The number of rotatable bonds is 0. The average Bonchev–Trinajstić information content (AvgIpc) is 2.73. The van der Waals surface area contributed by atoms with Gasteiger partial charge in [-0.1, -0.05) is 23.4 Å². The standard InChI is InChI=1S/C17H13F3N2O2/c18-17(19,20)11-4-5-15-14(8-11)22-7-6-13(21-23)12-3-1-2-10(9-24-15)16(12)22/h1-5,8,23H,6-7,9H2/b21-13+. The van der Waals surface area contributed by atoms with E-state index in [1.807, 2.05) is 17.0 Å². The minimum Gasteiger partial charge on any atom is -0.487 e. The number of halogens is 3. The van der Waals surface area contributed by atoms with Crippen LogP contribution in [0.15, 0.2) is 41.6 Å². The molecule has 24 heavy (non-hydrogen) atoms. The Morgan fingerprint density at radius 1 is 1.17 bits per heavy atom. The summed E-state index contributed by atoms with van der Waals surface area (Å²) in [5.41, 5.74) is 2.50. The first kappa shape index (κ1) is 14.9. The quantitative estimate of drug-likeness (QED) is 0.576. The largest absolute Gasteiger partial charge is 0.487 e. The molecule has 1 N–H and O–H groups in total. The van der Waals surface area contributed by atoms with E-state index in [9.17, 15) is 18.4 Å². The van der Waals surface area contributed by atoms with E-state index in [1.54, 1.807) is 6.07 Å². The third kappa shape index (κ3) is 2.19. The highest BCUT2D eigenvalue weighted by atomic mass is 19.4. The Morgan fingerprint density at radius 3 is 2.75 bits per heavy atom. The highest BCUT2D eigenvalue weighted by Gasteiger charge is 2.35. The molecule has 4 nitrogen and oxygen atoms in total. The molecule has 0 spiro atoms. The maximum atomic E-state index is 13.1. The fraction of sp³-hybridized carbons (Fsp3) is 0.235. The SMILES string of the molecule is O/N=C1\CCN2c3cc(C(F)(F)F)ccc3OCc3cccc1c32. The van der Waals surface area contributed by atoms with E-state index in [-0.39, 0.29) is 6.61 Å². The van der Waals surface area contributed by atoms with E-state index in [0.29, 0.717) is 30.1 Å². The summed E-state index contributed by atoms with van der Waals surface area (Å²) in [6.07, 6.45) is -3.99. The summed E-state index contributed by atoms with van der Waals surface area (Å²) in [6, 6.07) is 8.99. The van der Waals surface area contributed by atoms with Gasteiger partial charge in [0.2, 0.25) is 0 Å². The maximum absolute atomic E-state index is 13.1. The Hall–Kier alpha value is -2.70. The number of oxime groups is 1. The van der Waals surface area contributed by atoms with E-state index in [1.165, 1.54) is 6.07 Å². The molecule has 0 amide bonds. The second-order valence-electron chi connectivity index (χ2n) is 5.73. The van der Waals surface area contributed by atoms with Crippen molar-refractivity contribution in [3.8, 4) is 5.75 Å². The first-order chi connectivity index (χ1) is 11.5. The zero-order chi connectivity index (χ0) is 16.9. The van der Waals surface area contributed by atoms with Gasteiger partial charge in [0, 0.05) is 24.1 Å². The predicted octanol–water partition coefficient (Wildman–Crippen LogP) is 4.32. The van der Waals surface area contributed by atoms with Crippen LogP contribution in [0.25, 0.3) is 0 Å². The molecule has 124 valence electrons. The highest BCUT2D eigenvalue weighted by molar-refractivity contribution is 6.08. The van der Waals surface area contributed by atoms with E-state index < -0.39 is 11.7 Å². The molecule has 0 aromatic heterocycles. The number of nitrogens with zero attached hydrogens (tertiary/aromatic N) is 2. The maximum Gasteiger partial charge on any atom is 0.416 e. The predicted molar refractivity (Wildman–Crippen MR) is 82.2 cm³/mol. The fourth-order valence-corrected chi connectivity index (χ4v) is 3.25. The second kappa shape index (κ2) is 5.15. The number of hydrogen-bond acceptors (Lipinski definition) is 4. The Labute approximate surface area is 135 Å². The first-order valence-corrected chi connectivity index (χ1v) is 7.44. The summed E-state index contributed by atoms with van der Waals surface area (Å²) < 4.78 is 45.0. The monoisotopic (exact) mass is 334 g/mol. The lowest BCUT2D eigenvalue weighted by molar-refractivity contribution is -0.137. The van der Waals surface area contributed by atoms with Crippen LogP contribution in [0, 0.1) is 0 Å². The molecule has 2 aromatic carbocycles. The van der Waals surface area contributed by atoms with E-state index in [2.05, 4.69) is 5.16 Å². The highest BCUT2D eigenvalue weighted by Crippen LogP contribution is 2.45. The van der Waals surface area contributed by atoms with Crippen LogP contribution in [0.2, 0.25) is 0 Å². The molecule has 4 rings (SSSR count). The summed E-state index contributed by atoms with van der Waals surface area (Å²) in [6.45, 7) is 0.665. The number of hydrogen-bond donors (Lipinski definition) is 1. The van der Waals surface area contributed by atoms with Crippen LogP contribution >= 0.6 is 0 Å². The molecule has 0 radical (unpaired) electrons. The van der Waals surface area contributed by atoms with Crippen molar-refractivity contribution in [2.75, 3.05) is 11.4 Å². The molecule has 0 bridgehead atoms. The minimum absolute atomic E-state index is 0.247. The lowest BCUT2D eigenvalue weighted by Gasteiger charge is -2.32. The van der Waals surface area contributed by atoms with E-state index >= 15 is 0 Å². The topological polar surface area (TPSA) is 45.1 Å². The van der Waals surface area contributed by atoms with Crippen LogP contribution in [0.1, 0.15) is 23.1 Å². The van der Waals surface area contributed by atoms with Crippen molar-refractivity contribution in [1.82, 2.24) is 0 Å². The number of ether oxygens (including phenoxy) is 1. The van der Waals surface area contributed by atoms with Crippen LogP contribution in [0.3, 0.4) is 0 Å². The molecule has 2 aromatic rings. The van der Waals surface area contributed by atoms with Crippen molar-refractivity contribution in [2.24, 2.45) is 5.16 Å². The smallest absolute Gasteiger partial charge is 0.416 e. The summed E-state index contributed by atoms with van der Waals surface area (Å²) >= 11 is 0. The summed E-state index contributed by atoms with van der Waals surface area (Å²) in [4.78, 5) is 1.82. The van der Waals surface area contributed by atoms with Gasteiger partial charge >= 0.3 is 6.18 Å². The number of fused-ring (bicyclic) bond motifs is 2. The Bertz CT molecular complexity index is 846. The van der Waals surface area contributed by atoms with E-state index in [4.69, 9.17) is 4.74 Å². The van der Waals surface area contributed by atoms with Gasteiger partial charge in [-0.2, -0.15) is 13.2 Å². The molecule has 0 saturated heterocycles. The normalized spacial score (nSPS) is 17.8. The Morgan fingerprint density at radius 2 is 2.00 bits per heavy atom. The zero-order valence-electron chi connectivity index (χ0n) is 12.5. The number of anilines is 2. The van der Waals surface area contributed by atoms with Gasteiger partial charge < -0.3 is 14.8 Å². The van der Waals surface area contributed by atoms with Crippen LogP contribution in [-0.4, -0.2) is 17.5 Å². The summed E-state index contributed by atoms with van der Waals surface area (Å²) in [5.74, 6) is 0.412. The molecule has 0 atom stereocenters. The molecule has 7 heteroatoms. The lowest BCUT2D eigenvalue weighted by Crippen LogP contribution is -2.29. The van der Waals surface area contributed by atoms with Gasteiger partial charge in [-0.05, 0) is 18.2 Å². The number of alkyl halides is 3. The van der Waals surface area contributed by atoms with Gasteiger partial charge in [-0.15, -0.1) is 0 Å². The van der Waals surface area contributed by atoms with Crippen molar-refractivity contribution >= 4 is 17.1 Å². The fourth-order valence-electron chi connectivity index (χ4n) is 3.25. The van der Waals surface area contributed by atoms with Crippen molar-refractivity contribution in [3.63, 3.8) is 0 Å². The third-order valence-corrected chi connectivity index (χ3v) is 4.35. The third-order valence-electron chi connectivity index (χ3n) is 4.35. The average molecular weight is 334 g/mol. The van der Waals surface area contributed by atoms with Gasteiger partial charge in [0.25, 0.3) is 0 Å². The van der Waals surface area contributed by atoms with Gasteiger partial charge in [0.15, 0.2) is 0 Å². The Kier molecular flexibility index (Phi) is 3.19. The van der Waals surface area contributed by atoms with Crippen molar-refractivity contribution in [1.29, 1.82) is 0 Å². The van der Waals surface area contributed by atoms with E-state index in [0.717, 1.165) is 28.9 Å². The van der Waals surface area contributed by atoms with Crippen LogP contribution < -0.4 is 9.64 Å². The van der Waals surface area contributed by atoms with Crippen LogP contribution in [-0.2, 0) is 12.8 Å². The second-order valence-corrected chi connectivity index (χ2v) is 5.73. The van der Waals surface area contributed by atoms with Gasteiger partial charge in [-0.3, -0.25) is 0 Å². The molecule has 0 fully saturated rings. The summed E-state index contributed by atoms with van der Waals surface area (Å²) in [5, 5.41) is 12.5. The lowest BCUT2D eigenvalue weighted by atomic mass is 9.95. The molecule has 2 heterocycles. The molecule has 0 saturated carbocycles. The van der Waals surface area contributed by atoms with Crippen LogP contribution in [0.5, 0.6) is 5.75 Å². The van der Waals surface area contributed by atoms with Crippen LogP contribution in [0.4, 0.5) is 24.5 Å². The molecule has 2 aliphatic rings. The van der Waals surface area contributed by atoms with Gasteiger partial charge in [-0.25, -0.2) is 0 Å². The minimum atomic E-state index is -4.42. The number of para-hydroxylation sites is 1. The van der Waals surface area contributed by atoms with Crippen molar-refractivity contribution in [2.45, 2.75) is 19.2 Å². The Balaban J connectivity index is 1.94. The first-order valence-electron chi connectivity index (χ1n) is 7.44. The zero-order valence-corrected chi connectivity index (χ0v) is 12.5. The number of benzene rings is 2. The summed E-state index contributed by atoms with van der Waals surface area (Å²) in [7, 11) is 0. The van der Waals surface area contributed by atoms with Crippen molar-refractivity contribution < 1.29 is 23.1 Å². The molecular weight excluding hydrogens is 321 g/mol. The van der Waals surface area contributed by atoms with Gasteiger partial charge in [0.1, 0.15) is 12.4 Å². The molecule has 0 unspecified atom stereocenters. The molecule has 0 aliphatic carbocycles. The molecular formula is C17H13F3N2O2. The van der Waals surface area contributed by atoms with Crippen molar-refractivity contribution in [3.05, 3.63) is 53.1 Å². The van der Waals surface area contributed by atoms with Gasteiger partial charge in [0.05, 0.1) is 22.6 Å².